The first-order valence-corrected chi connectivity index (χ1v) is 5.74. The molecule has 2 aliphatic rings. The molecule has 0 bridgehead atoms. The predicted octanol–water partition coefficient (Wildman–Crippen LogP) is -0.327. The van der Waals surface area contributed by atoms with Crippen molar-refractivity contribution in [2.75, 3.05) is 26.2 Å². The van der Waals surface area contributed by atoms with Crippen LogP contribution < -0.4 is 16.8 Å². The maximum absolute atomic E-state index is 6.06. The largest absolute Gasteiger partial charge is 0.370 e. The third-order valence-corrected chi connectivity index (χ3v) is 2.93. The van der Waals surface area contributed by atoms with Gasteiger partial charge in [-0.1, -0.05) is 6.42 Å². The lowest BCUT2D eigenvalue weighted by molar-refractivity contribution is 0.160. The summed E-state index contributed by atoms with van der Waals surface area (Å²) in [6.45, 7) is 5.15. The van der Waals surface area contributed by atoms with Gasteiger partial charge in [-0.3, -0.25) is 10.3 Å². The first-order valence-electron chi connectivity index (χ1n) is 5.74. The summed E-state index contributed by atoms with van der Waals surface area (Å²) in [5.41, 5.74) is 8.94. The standard InChI is InChI=1S/C9H18N2.CH5N3/c1-2-6-11-7-3-5-10-8-9(11)4-1;2-1(3)4/h9-10H,1-8H2;(H5,2,3,4). The zero-order chi connectivity index (χ0) is 11.1. The number of guanidine groups is 1. The van der Waals surface area contributed by atoms with Crippen LogP contribution in [0.25, 0.3) is 0 Å². The number of hydrogen-bond acceptors (Lipinski definition) is 3. The van der Waals surface area contributed by atoms with Crippen LogP contribution in [0.5, 0.6) is 0 Å². The Bertz CT molecular complexity index is 176. The van der Waals surface area contributed by atoms with Crippen molar-refractivity contribution >= 4 is 5.96 Å². The minimum Gasteiger partial charge on any atom is -0.370 e. The Balaban J connectivity index is 0.000000245. The average Bonchev–Trinajstić information content (AvgIpc) is 2.41. The zero-order valence-corrected chi connectivity index (χ0v) is 9.34. The van der Waals surface area contributed by atoms with Gasteiger partial charge in [-0.25, -0.2) is 0 Å². The fourth-order valence-corrected chi connectivity index (χ4v) is 2.26. The fourth-order valence-electron chi connectivity index (χ4n) is 2.26. The molecule has 1 unspecified atom stereocenters. The predicted molar refractivity (Wildman–Crippen MR) is 62.8 cm³/mol. The number of nitrogens with one attached hydrogen (secondary N) is 2. The van der Waals surface area contributed by atoms with Crippen molar-refractivity contribution in [3.8, 4) is 0 Å². The van der Waals surface area contributed by atoms with Crippen molar-refractivity contribution in [2.24, 2.45) is 11.5 Å². The highest BCUT2D eigenvalue weighted by molar-refractivity contribution is 5.71. The second kappa shape index (κ2) is 6.63. The molecule has 2 fully saturated rings. The second-order valence-electron chi connectivity index (χ2n) is 4.20. The van der Waals surface area contributed by atoms with E-state index in [9.17, 15) is 0 Å². The monoisotopic (exact) mass is 213 g/mol. The van der Waals surface area contributed by atoms with E-state index < -0.39 is 0 Å². The molecule has 0 amide bonds. The molecular formula is C10H23N5. The molecular weight excluding hydrogens is 190 g/mol. The minimum absolute atomic E-state index is 0.333. The summed E-state index contributed by atoms with van der Waals surface area (Å²) in [6, 6.07) is 0.867. The molecule has 2 aliphatic heterocycles. The minimum atomic E-state index is -0.333. The summed E-state index contributed by atoms with van der Waals surface area (Å²) in [7, 11) is 0. The Morgan fingerprint density at radius 3 is 2.60 bits per heavy atom. The molecule has 6 N–H and O–H groups in total. The van der Waals surface area contributed by atoms with Gasteiger partial charge in [0.15, 0.2) is 5.96 Å². The quantitative estimate of drug-likeness (QED) is 0.328. The molecule has 2 saturated heterocycles. The van der Waals surface area contributed by atoms with Crippen molar-refractivity contribution in [1.82, 2.24) is 10.2 Å². The van der Waals surface area contributed by atoms with E-state index in [0.29, 0.717) is 0 Å². The Labute approximate surface area is 91.7 Å². The van der Waals surface area contributed by atoms with Crippen LogP contribution in [0.15, 0.2) is 0 Å². The van der Waals surface area contributed by atoms with E-state index in [-0.39, 0.29) is 5.96 Å². The molecule has 0 saturated carbocycles. The van der Waals surface area contributed by atoms with Gasteiger partial charge >= 0.3 is 0 Å². The van der Waals surface area contributed by atoms with Gasteiger partial charge in [0, 0.05) is 12.6 Å². The van der Waals surface area contributed by atoms with Gasteiger partial charge in [0.1, 0.15) is 0 Å². The molecule has 0 spiro atoms. The maximum atomic E-state index is 6.06. The number of hydrogen-bond donors (Lipinski definition) is 4. The van der Waals surface area contributed by atoms with Crippen molar-refractivity contribution in [3.05, 3.63) is 0 Å². The average molecular weight is 213 g/mol. The van der Waals surface area contributed by atoms with Crippen molar-refractivity contribution in [2.45, 2.75) is 31.7 Å². The van der Waals surface area contributed by atoms with E-state index in [0.717, 1.165) is 6.04 Å². The molecule has 2 heterocycles. The third-order valence-electron chi connectivity index (χ3n) is 2.93. The molecule has 88 valence electrons. The first-order chi connectivity index (χ1) is 7.20. The van der Waals surface area contributed by atoms with E-state index >= 15 is 0 Å². The van der Waals surface area contributed by atoms with Gasteiger partial charge in [-0.05, 0) is 38.9 Å². The molecule has 2 rings (SSSR count). The smallest absolute Gasteiger partial charge is 0.183 e. The normalized spacial score (nSPS) is 26.8. The highest BCUT2D eigenvalue weighted by Crippen LogP contribution is 2.17. The van der Waals surface area contributed by atoms with Gasteiger partial charge in [0.25, 0.3) is 0 Å². The van der Waals surface area contributed by atoms with Crippen LogP contribution in [0.1, 0.15) is 25.7 Å². The summed E-state index contributed by atoms with van der Waals surface area (Å²) in [4.78, 5) is 2.67. The molecule has 0 aromatic rings. The Morgan fingerprint density at radius 2 is 1.87 bits per heavy atom. The molecule has 5 nitrogen and oxygen atoms in total. The van der Waals surface area contributed by atoms with Crippen LogP contribution in [0.2, 0.25) is 0 Å². The highest BCUT2D eigenvalue weighted by atomic mass is 15.2. The lowest BCUT2D eigenvalue weighted by Gasteiger charge is -2.33. The summed E-state index contributed by atoms with van der Waals surface area (Å²) < 4.78 is 0. The summed E-state index contributed by atoms with van der Waals surface area (Å²) in [6.07, 6.45) is 5.64. The number of nitrogens with zero attached hydrogens (tertiary/aromatic N) is 1. The van der Waals surface area contributed by atoms with Crippen molar-refractivity contribution in [1.29, 1.82) is 5.41 Å². The van der Waals surface area contributed by atoms with E-state index in [1.54, 1.807) is 0 Å². The lowest BCUT2D eigenvalue weighted by Crippen LogP contribution is -2.42. The Hall–Kier alpha value is -0.810. The Morgan fingerprint density at radius 1 is 1.20 bits per heavy atom. The van der Waals surface area contributed by atoms with Crippen LogP contribution in [0.3, 0.4) is 0 Å². The molecule has 0 aromatic heterocycles. The Kier molecular flexibility index (Phi) is 5.42. The van der Waals surface area contributed by atoms with E-state index in [1.165, 1.54) is 51.9 Å². The zero-order valence-electron chi connectivity index (χ0n) is 9.34. The lowest BCUT2D eigenvalue weighted by atomic mass is 10.0. The van der Waals surface area contributed by atoms with E-state index in [1.807, 2.05) is 0 Å². The second-order valence-corrected chi connectivity index (χ2v) is 4.20. The van der Waals surface area contributed by atoms with Crippen LogP contribution in [-0.2, 0) is 0 Å². The van der Waals surface area contributed by atoms with E-state index in [4.69, 9.17) is 5.41 Å². The van der Waals surface area contributed by atoms with Gasteiger partial charge < -0.3 is 16.8 Å². The number of piperidine rings is 1. The number of rotatable bonds is 0. The number of fused-ring (bicyclic) bond motifs is 1. The summed E-state index contributed by atoms with van der Waals surface area (Å²) in [5, 5.41) is 9.56. The fraction of sp³-hybridized carbons (Fsp3) is 0.900. The molecule has 5 heteroatoms. The van der Waals surface area contributed by atoms with Crippen LogP contribution in [0.4, 0.5) is 0 Å². The molecule has 15 heavy (non-hydrogen) atoms. The topological polar surface area (TPSA) is 91.2 Å². The van der Waals surface area contributed by atoms with Crippen LogP contribution in [0, 0.1) is 5.41 Å². The molecule has 0 radical (unpaired) electrons. The summed E-state index contributed by atoms with van der Waals surface area (Å²) in [5.74, 6) is -0.333. The highest BCUT2D eigenvalue weighted by Gasteiger charge is 2.22. The van der Waals surface area contributed by atoms with Crippen LogP contribution in [-0.4, -0.2) is 43.1 Å². The van der Waals surface area contributed by atoms with Gasteiger partial charge in [0.2, 0.25) is 0 Å². The SMILES string of the molecule is C1CCN2CCCNCC2C1.N=C(N)N. The number of nitrogens with two attached hydrogens (primary N) is 2. The molecule has 0 aromatic carbocycles. The molecule has 0 aliphatic carbocycles. The third kappa shape index (κ3) is 4.99. The maximum Gasteiger partial charge on any atom is 0.183 e. The van der Waals surface area contributed by atoms with Crippen molar-refractivity contribution < 1.29 is 0 Å². The van der Waals surface area contributed by atoms with Gasteiger partial charge in [-0.2, -0.15) is 0 Å². The molecule has 1 atom stereocenters. The van der Waals surface area contributed by atoms with Gasteiger partial charge in [-0.15, -0.1) is 0 Å². The summed E-state index contributed by atoms with van der Waals surface area (Å²) >= 11 is 0. The van der Waals surface area contributed by atoms with Gasteiger partial charge in [0.05, 0.1) is 0 Å². The van der Waals surface area contributed by atoms with E-state index in [2.05, 4.69) is 21.7 Å². The first kappa shape index (κ1) is 12.3. The van der Waals surface area contributed by atoms with Crippen molar-refractivity contribution in [3.63, 3.8) is 0 Å². The van der Waals surface area contributed by atoms with Crippen LogP contribution >= 0.6 is 0 Å².